The highest BCUT2D eigenvalue weighted by molar-refractivity contribution is 7.99. The van der Waals surface area contributed by atoms with Gasteiger partial charge in [-0.25, -0.2) is 4.39 Å². The maximum absolute atomic E-state index is 13.2. The highest BCUT2D eigenvalue weighted by atomic mass is 32.2. The van der Waals surface area contributed by atoms with Crippen molar-refractivity contribution in [2.24, 2.45) is 0 Å². The summed E-state index contributed by atoms with van der Waals surface area (Å²) in [6, 6.07) is 21.5. The zero-order valence-corrected chi connectivity index (χ0v) is 20.4. The van der Waals surface area contributed by atoms with Crippen molar-refractivity contribution in [3.63, 3.8) is 0 Å². The number of carbonyl (C=O) groups excluding carboxylic acids is 1. The lowest BCUT2D eigenvalue weighted by molar-refractivity contribution is 0.102. The predicted molar refractivity (Wildman–Crippen MR) is 134 cm³/mol. The summed E-state index contributed by atoms with van der Waals surface area (Å²) in [6.45, 7) is 6.53. The molecule has 0 atom stereocenters. The average Bonchev–Trinajstić information content (AvgIpc) is 3.26. The first-order chi connectivity index (χ1) is 16.3. The van der Waals surface area contributed by atoms with E-state index in [0.29, 0.717) is 16.5 Å². The fourth-order valence-electron chi connectivity index (χ4n) is 3.48. The van der Waals surface area contributed by atoms with E-state index in [1.165, 1.54) is 41.6 Å². The number of halogens is 1. The van der Waals surface area contributed by atoms with Gasteiger partial charge in [-0.05, 0) is 59.5 Å². The quantitative estimate of drug-likeness (QED) is 0.230. The highest BCUT2D eigenvalue weighted by Gasteiger charge is 2.19. The minimum atomic E-state index is -0.370. The topological polar surface area (TPSA) is 57.0 Å². The van der Waals surface area contributed by atoms with E-state index in [1.54, 1.807) is 7.11 Å². The third-order valence-corrected chi connectivity index (χ3v) is 6.40. The molecule has 0 aliphatic rings. The molecule has 0 fully saturated rings. The fourth-order valence-corrected chi connectivity index (χ4v) is 4.33. The monoisotopic (exact) mass is 475 g/mol. The van der Waals surface area contributed by atoms with Crippen LogP contribution in [0.3, 0.4) is 0 Å². The Hall–Kier alpha value is -3.45. The van der Waals surface area contributed by atoms with Gasteiger partial charge in [0, 0.05) is 16.8 Å². The summed E-state index contributed by atoms with van der Waals surface area (Å²) < 4.78 is 20.4. The third kappa shape index (κ3) is 5.20. The molecule has 0 bridgehead atoms. The van der Waals surface area contributed by atoms with E-state index in [4.69, 9.17) is 4.74 Å². The largest absolute Gasteiger partial charge is 0.497 e. The van der Waals surface area contributed by atoms with Crippen molar-refractivity contribution in [3.8, 4) is 22.8 Å². The molecule has 174 valence electrons. The SMILES string of the molecule is COc1ccc(-n2c(SCC(=O)c3ccc(F)cc3)nnc2-c2ccc(C(C)(C)C)cc2)cc1. The molecule has 4 rings (SSSR count). The number of hydrogen-bond acceptors (Lipinski definition) is 5. The predicted octanol–water partition coefficient (Wildman–Crippen LogP) is 6.35. The lowest BCUT2D eigenvalue weighted by Gasteiger charge is -2.19. The van der Waals surface area contributed by atoms with Crippen LogP contribution in [0.4, 0.5) is 4.39 Å². The third-order valence-electron chi connectivity index (χ3n) is 5.47. The first-order valence-electron chi connectivity index (χ1n) is 10.9. The summed E-state index contributed by atoms with van der Waals surface area (Å²) in [5.74, 6) is 1.11. The molecule has 0 radical (unpaired) electrons. The molecule has 0 aliphatic heterocycles. The molecule has 0 saturated carbocycles. The average molecular weight is 476 g/mol. The van der Waals surface area contributed by atoms with Gasteiger partial charge in [0.15, 0.2) is 16.8 Å². The van der Waals surface area contributed by atoms with Crippen LogP contribution in [0.2, 0.25) is 0 Å². The van der Waals surface area contributed by atoms with Gasteiger partial charge in [-0.2, -0.15) is 0 Å². The van der Waals surface area contributed by atoms with Crippen molar-refractivity contribution in [1.82, 2.24) is 14.8 Å². The van der Waals surface area contributed by atoms with Gasteiger partial charge in [0.05, 0.1) is 12.9 Å². The maximum atomic E-state index is 13.2. The Bertz CT molecular complexity index is 1280. The first-order valence-corrected chi connectivity index (χ1v) is 11.9. The number of rotatable bonds is 7. The van der Waals surface area contributed by atoms with E-state index in [1.807, 2.05) is 41.0 Å². The van der Waals surface area contributed by atoms with Crippen LogP contribution in [0.15, 0.2) is 78.0 Å². The molecule has 0 spiro atoms. The number of methoxy groups -OCH3 is 1. The Morgan fingerprint density at radius 1 is 0.941 bits per heavy atom. The maximum Gasteiger partial charge on any atom is 0.196 e. The summed E-state index contributed by atoms with van der Waals surface area (Å²) in [4.78, 5) is 12.7. The van der Waals surface area contributed by atoms with Crippen LogP contribution >= 0.6 is 11.8 Å². The number of Topliss-reactive ketones (excluding diaryl/α,β-unsaturated/α-hetero) is 1. The Balaban J connectivity index is 1.68. The number of hydrogen-bond donors (Lipinski definition) is 0. The molecule has 3 aromatic carbocycles. The van der Waals surface area contributed by atoms with Crippen LogP contribution < -0.4 is 4.74 Å². The zero-order valence-electron chi connectivity index (χ0n) is 19.6. The van der Waals surface area contributed by atoms with Crippen LogP contribution in [-0.2, 0) is 5.41 Å². The molecule has 0 aliphatic carbocycles. The number of aromatic nitrogens is 3. The summed E-state index contributed by atoms with van der Waals surface area (Å²) in [5.41, 5.74) is 3.52. The summed E-state index contributed by atoms with van der Waals surface area (Å²) in [6.07, 6.45) is 0. The van der Waals surface area contributed by atoms with E-state index < -0.39 is 0 Å². The minimum absolute atomic E-state index is 0.0455. The molecule has 34 heavy (non-hydrogen) atoms. The van der Waals surface area contributed by atoms with Gasteiger partial charge in [0.1, 0.15) is 11.6 Å². The molecule has 1 aromatic heterocycles. The summed E-state index contributed by atoms with van der Waals surface area (Å²) >= 11 is 1.30. The van der Waals surface area contributed by atoms with Crippen molar-refractivity contribution in [1.29, 1.82) is 0 Å². The second kappa shape index (κ2) is 9.81. The smallest absolute Gasteiger partial charge is 0.196 e. The molecule has 4 aromatic rings. The number of nitrogens with zero attached hydrogens (tertiary/aromatic N) is 3. The molecule has 0 N–H and O–H groups in total. The van der Waals surface area contributed by atoms with Crippen molar-refractivity contribution in [2.75, 3.05) is 12.9 Å². The van der Waals surface area contributed by atoms with Crippen molar-refractivity contribution < 1.29 is 13.9 Å². The van der Waals surface area contributed by atoms with Crippen LogP contribution in [-0.4, -0.2) is 33.4 Å². The van der Waals surface area contributed by atoms with E-state index >= 15 is 0 Å². The van der Waals surface area contributed by atoms with E-state index in [0.717, 1.165) is 17.0 Å². The van der Waals surface area contributed by atoms with E-state index in [2.05, 4.69) is 43.1 Å². The van der Waals surface area contributed by atoms with Gasteiger partial charge in [0.25, 0.3) is 0 Å². The molecule has 0 unspecified atom stereocenters. The Kier molecular flexibility index (Phi) is 6.84. The number of benzene rings is 3. The van der Waals surface area contributed by atoms with Gasteiger partial charge < -0.3 is 4.74 Å². The van der Waals surface area contributed by atoms with Crippen molar-refractivity contribution in [2.45, 2.75) is 31.3 Å². The van der Waals surface area contributed by atoms with Gasteiger partial charge in [0.2, 0.25) is 0 Å². The Morgan fingerprint density at radius 3 is 2.18 bits per heavy atom. The standard InChI is InChI=1S/C27H26FN3O2S/c1-27(2,3)20-9-5-19(6-10-20)25-29-30-26(31(25)22-13-15-23(33-4)16-14-22)34-17-24(32)18-7-11-21(28)12-8-18/h5-16H,17H2,1-4H3. The zero-order chi connectivity index (χ0) is 24.3. The van der Waals surface area contributed by atoms with Crippen LogP contribution in [0.25, 0.3) is 17.1 Å². The fraction of sp³-hybridized carbons (Fsp3) is 0.222. The summed E-state index contributed by atoms with van der Waals surface area (Å²) in [5, 5.41) is 9.45. The molecule has 5 nitrogen and oxygen atoms in total. The van der Waals surface area contributed by atoms with Gasteiger partial charge >= 0.3 is 0 Å². The lowest BCUT2D eigenvalue weighted by atomic mass is 9.87. The van der Waals surface area contributed by atoms with Crippen LogP contribution in [0.1, 0.15) is 36.7 Å². The molecular weight excluding hydrogens is 449 g/mol. The summed E-state index contributed by atoms with van der Waals surface area (Å²) in [7, 11) is 1.62. The van der Waals surface area contributed by atoms with Crippen molar-refractivity contribution in [3.05, 3.63) is 89.7 Å². The molecule has 0 amide bonds. The van der Waals surface area contributed by atoms with Crippen molar-refractivity contribution >= 4 is 17.5 Å². The van der Waals surface area contributed by atoms with Gasteiger partial charge in [-0.15, -0.1) is 10.2 Å². The van der Waals surface area contributed by atoms with Crippen LogP contribution in [0, 0.1) is 5.82 Å². The van der Waals surface area contributed by atoms with Gasteiger partial charge in [-0.1, -0.05) is 56.8 Å². The normalized spacial score (nSPS) is 11.4. The highest BCUT2D eigenvalue weighted by Crippen LogP contribution is 2.31. The van der Waals surface area contributed by atoms with E-state index in [9.17, 15) is 9.18 Å². The second-order valence-corrected chi connectivity index (χ2v) is 9.83. The Labute approximate surface area is 203 Å². The lowest BCUT2D eigenvalue weighted by Crippen LogP contribution is -2.10. The number of thioether (sulfide) groups is 1. The number of carbonyl (C=O) groups is 1. The molecule has 0 saturated heterocycles. The van der Waals surface area contributed by atoms with Crippen LogP contribution in [0.5, 0.6) is 5.75 Å². The number of ketones is 1. The first kappa shape index (κ1) is 23.7. The minimum Gasteiger partial charge on any atom is -0.497 e. The molecule has 7 heteroatoms. The van der Waals surface area contributed by atoms with Gasteiger partial charge in [-0.3, -0.25) is 9.36 Å². The molecule has 1 heterocycles. The van der Waals surface area contributed by atoms with E-state index in [-0.39, 0.29) is 22.8 Å². The number of ether oxygens (including phenoxy) is 1. The molecular formula is C27H26FN3O2S. The second-order valence-electron chi connectivity index (χ2n) is 8.89. The Morgan fingerprint density at radius 2 is 1.59 bits per heavy atom.